The van der Waals surface area contributed by atoms with Gasteiger partial charge in [-0.25, -0.2) is 0 Å². The lowest BCUT2D eigenvalue weighted by Crippen LogP contribution is -2.61. The number of benzene rings is 1. The van der Waals surface area contributed by atoms with Gasteiger partial charge in [0.25, 0.3) is 0 Å². The highest BCUT2D eigenvalue weighted by Crippen LogP contribution is 2.28. The van der Waals surface area contributed by atoms with E-state index in [-0.39, 0.29) is 32.3 Å². The third-order valence-corrected chi connectivity index (χ3v) is 4.42. The van der Waals surface area contributed by atoms with E-state index >= 15 is 0 Å². The Morgan fingerprint density at radius 2 is 1.79 bits per heavy atom. The lowest BCUT2D eigenvalue weighted by Gasteiger charge is -2.43. The number of halogens is 1. The molecule has 1 aliphatic heterocycles. The lowest BCUT2D eigenvalue weighted by atomic mass is 9.98. The van der Waals surface area contributed by atoms with Gasteiger partial charge in [0.15, 0.2) is 6.29 Å². The molecule has 0 aromatic heterocycles. The molecule has 0 amide bonds. The molecular weight excluding hydrogens is 400 g/mol. The van der Waals surface area contributed by atoms with E-state index in [1.165, 1.54) is 0 Å². The summed E-state index contributed by atoms with van der Waals surface area (Å²) in [4.78, 5) is 11.4. The van der Waals surface area contributed by atoms with Gasteiger partial charge in [0.1, 0.15) is 36.9 Å². The first-order chi connectivity index (χ1) is 14.1. The van der Waals surface area contributed by atoms with Gasteiger partial charge in [0.2, 0.25) is 0 Å². The molecular formula is C21H27ClO7. The minimum Gasteiger partial charge on any atom is -0.462 e. The second-order valence-electron chi connectivity index (χ2n) is 6.32. The molecule has 0 bridgehead atoms. The number of carbonyl (C=O) groups is 1. The van der Waals surface area contributed by atoms with E-state index in [1.54, 1.807) is 12.2 Å². The molecule has 1 heterocycles. The summed E-state index contributed by atoms with van der Waals surface area (Å²) in [5, 5.41) is 10.8. The quantitative estimate of drug-likeness (QED) is 0.311. The van der Waals surface area contributed by atoms with Crippen molar-refractivity contribution in [3.63, 3.8) is 0 Å². The van der Waals surface area contributed by atoms with Crippen LogP contribution < -0.4 is 0 Å². The first kappa shape index (κ1) is 23.5. The molecule has 5 atom stereocenters. The highest BCUT2D eigenvalue weighted by atomic mass is 35.5. The van der Waals surface area contributed by atoms with Crippen LogP contribution in [0.15, 0.2) is 55.6 Å². The van der Waals surface area contributed by atoms with Crippen LogP contribution in [0.1, 0.15) is 5.56 Å². The molecule has 0 aliphatic carbocycles. The number of carbonyl (C=O) groups excluding carboxylic acids is 1. The third-order valence-electron chi connectivity index (χ3n) is 4.21. The molecule has 8 heteroatoms. The Bertz CT molecular complexity index is 639. The molecule has 0 radical (unpaired) electrons. The van der Waals surface area contributed by atoms with E-state index in [0.29, 0.717) is 0 Å². The minimum absolute atomic E-state index is 0.194. The highest BCUT2D eigenvalue weighted by Gasteiger charge is 2.47. The van der Waals surface area contributed by atoms with Crippen LogP contribution in [-0.2, 0) is 35.1 Å². The smallest absolute Gasteiger partial charge is 0.320 e. The topological polar surface area (TPSA) is 83.5 Å². The molecule has 160 valence electrons. The molecule has 1 aliphatic rings. The summed E-state index contributed by atoms with van der Waals surface area (Å²) in [7, 11) is 0. The summed E-state index contributed by atoms with van der Waals surface area (Å²) < 4.78 is 28.3. The summed E-state index contributed by atoms with van der Waals surface area (Å²) in [6, 6.07) is 9.53. The van der Waals surface area contributed by atoms with E-state index in [2.05, 4.69) is 13.2 Å². The van der Waals surface area contributed by atoms with Crippen LogP contribution >= 0.6 is 11.6 Å². The predicted molar refractivity (Wildman–Crippen MR) is 107 cm³/mol. The molecule has 1 N–H and O–H groups in total. The van der Waals surface area contributed by atoms with Crippen LogP contribution in [0.4, 0.5) is 0 Å². The maximum Gasteiger partial charge on any atom is 0.320 e. The van der Waals surface area contributed by atoms with Gasteiger partial charge in [-0.3, -0.25) is 4.79 Å². The third kappa shape index (κ3) is 7.22. The maximum absolute atomic E-state index is 11.4. The average Bonchev–Trinajstić information content (AvgIpc) is 2.75. The summed E-state index contributed by atoms with van der Waals surface area (Å²) in [6.45, 7) is 7.75. The summed E-state index contributed by atoms with van der Waals surface area (Å²) in [6.07, 6.45) is -1.23. The van der Waals surface area contributed by atoms with E-state index in [9.17, 15) is 9.90 Å². The summed E-state index contributed by atoms with van der Waals surface area (Å²) in [5.74, 6) is -0.907. The van der Waals surface area contributed by atoms with Crippen molar-refractivity contribution < 1.29 is 33.6 Å². The molecule has 29 heavy (non-hydrogen) atoms. The van der Waals surface area contributed by atoms with Gasteiger partial charge in [0, 0.05) is 0 Å². The lowest BCUT2D eigenvalue weighted by molar-refractivity contribution is -0.314. The van der Waals surface area contributed by atoms with Crippen molar-refractivity contribution >= 4 is 17.6 Å². The van der Waals surface area contributed by atoms with Gasteiger partial charge in [-0.1, -0.05) is 42.5 Å². The van der Waals surface area contributed by atoms with Crippen molar-refractivity contribution in [3.05, 3.63) is 61.2 Å². The van der Waals surface area contributed by atoms with Crippen molar-refractivity contribution in [2.24, 2.45) is 0 Å². The number of aliphatic hydroxyl groups excluding tert-OH is 1. The Morgan fingerprint density at radius 1 is 1.10 bits per heavy atom. The van der Waals surface area contributed by atoms with Crippen molar-refractivity contribution in [1.29, 1.82) is 0 Å². The Labute approximate surface area is 175 Å². The van der Waals surface area contributed by atoms with Gasteiger partial charge in [-0.2, -0.15) is 0 Å². The van der Waals surface area contributed by atoms with Crippen LogP contribution in [0.25, 0.3) is 0 Å². The van der Waals surface area contributed by atoms with Gasteiger partial charge >= 0.3 is 5.97 Å². The number of ether oxygens (including phenoxy) is 5. The van der Waals surface area contributed by atoms with E-state index in [1.807, 2.05) is 30.3 Å². The summed E-state index contributed by atoms with van der Waals surface area (Å²) in [5.41, 5.74) is 0.933. The summed E-state index contributed by atoms with van der Waals surface area (Å²) >= 11 is 5.46. The first-order valence-electron chi connectivity index (χ1n) is 9.26. The average molecular weight is 427 g/mol. The normalized spacial score (nSPS) is 26.6. The van der Waals surface area contributed by atoms with Crippen molar-refractivity contribution in [3.8, 4) is 0 Å². The standard InChI is InChI=1S/C21H27ClO7/c1-3-10-25-20-19(28-13-15-8-6-5-7-9-15)18(24)16(14-27-17(23)12-22)29-21(20)26-11-4-2/h3-9,16,18-21,24H,1-2,10-14H2/t16-,18-,19+,20+,21+/m1/s1. The predicted octanol–water partition coefficient (Wildman–Crippen LogP) is 2.21. The van der Waals surface area contributed by atoms with Crippen LogP contribution in [0.2, 0.25) is 0 Å². The Morgan fingerprint density at radius 3 is 2.45 bits per heavy atom. The molecule has 2 rings (SSSR count). The highest BCUT2D eigenvalue weighted by molar-refractivity contribution is 6.26. The molecule has 0 spiro atoms. The van der Waals surface area contributed by atoms with E-state index in [4.69, 9.17) is 35.3 Å². The Kier molecular flexibility index (Phi) is 10.3. The molecule has 1 saturated heterocycles. The fourth-order valence-electron chi connectivity index (χ4n) is 2.85. The second kappa shape index (κ2) is 12.7. The van der Waals surface area contributed by atoms with Crippen LogP contribution in [-0.4, -0.2) is 67.5 Å². The molecule has 1 aromatic rings. The van der Waals surface area contributed by atoms with E-state index < -0.39 is 36.7 Å². The molecule has 1 fully saturated rings. The SMILES string of the molecule is C=CCO[C@H]1O[C@H](COC(=O)CCl)[C@@H](O)[C@H](OCc2ccccc2)[C@@H]1OCC=C. The van der Waals surface area contributed by atoms with Crippen LogP contribution in [0, 0.1) is 0 Å². The van der Waals surface area contributed by atoms with Crippen molar-refractivity contribution in [2.75, 3.05) is 25.7 Å². The number of rotatable bonds is 12. The molecule has 1 aromatic carbocycles. The monoisotopic (exact) mass is 426 g/mol. The van der Waals surface area contributed by atoms with Gasteiger partial charge in [-0.15, -0.1) is 24.8 Å². The van der Waals surface area contributed by atoms with Gasteiger partial charge < -0.3 is 28.8 Å². The van der Waals surface area contributed by atoms with Crippen molar-refractivity contribution in [2.45, 2.75) is 37.3 Å². The van der Waals surface area contributed by atoms with Gasteiger partial charge in [0.05, 0.1) is 19.8 Å². The Balaban J connectivity index is 2.17. The zero-order valence-corrected chi connectivity index (χ0v) is 16.9. The van der Waals surface area contributed by atoms with E-state index in [0.717, 1.165) is 5.56 Å². The largest absolute Gasteiger partial charge is 0.462 e. The fraction of sp³-hybridized carbons (Fsp3) is 0.476. The number of alkyl halides is 1. The second-order valence-corrected chi connectivity index (χ2v) is 6.59. The molecule has 0 saturated carbocycles. The zero-order chi connectivity index (χ0) is 21.1. The van der Waals surface area contributed by atoms with Crippen molar-refractivity contribution in [1.82, 2.24) is 0 Å². The maximum atomic E-state index is 11.4. The fourth-order valence-corrected chi connectivity index (χ4v) is 2.93. The number of hydrogen-bond acceptors (Lipinski definition) is 7. The van der Waals surface area contributed by atoms with Crippen LogP contribution in [0.3, 0.4) is 0 Å². The van der Waals surface area contributed by atoms with Gasteiger partial charge in [-0.05, 0) is 5.56 Å². The zero-order valence-electron chi connectivity index (χ0n) is 16.2. The van der Waals surface area contributed by atoms with Crippen LogP contribution in [0.5, 0.6) is 0 Å². The molecule has 0 unspecified atom stereocenters. The number of esters is 1. The first-order valence-corrected chi connectivity index (χ1v) is 9.79. The molecule has 7 nitrogen and oxygen atoms in total. The Hall–Kier alpha value is -1.74. The minimum atomic E-state index is -1.12. The number of hydrogen-bond donors (Lipinski definition) is 1. The number of aliphatic hydroxyl groups is 1.